The second-order valence-electron chi connectivity index (χ2n) is 3.91. The van der Waals surface area contributed by atoms with E-state index in [4.69, 9.17) is 4.74 Å². The number of benzene rings is 1. The minimum Gasteiger partial charge on any atom is -0.481 e. The van der Waals surface area contributed by atoms with E-state index in [2.05, 4.69) is 15.6 Å². The Labute approximate surface area is 112 Å². The van der Waals surface area contributed by atoms with Gasteiger partial charge < -0.3 is 9.47 Å². The third-order valence-electron chi connectivity index (χ3n) is 2.27. The van der Waals surface area contributed by atoms with Gasteiger partial charge in [0, 0.05) is 0 Å². The molecule has 1 rings (SSSR count). The summed E-state index contributed by atoms with van der Waals surface area (Å²) in [6.07, 6.45) is -1.44. The summed E-state index contributed by atoms with van der Waals surface area (Å²) in [5.41, 5.74) is 5.43. The summed E-state index contributed by atoms with van der Waals surface area (Å²) >= 11 is 0. The Morgan fingerprint density at radius 3 is 2.42 bits per heavy atom. The molecule has 1 atom stereocenters. The lowest BCUT2D eigenvalue weighted by molar-refractivity contribution is -0.128. The fourth-order valence-corrected chi connectivity index (χ4v) is 1.26. The molecule has 0 saturated carbocycles. The number of rotatable bonds is 4. The van der Waals surface area contributed by atoms with Gasteiger partial charge in [-0.3, -0.25) is 10.2 Å². The van der Waals surface area contributed by atoms with Crippen LogP contribution in [0.2, 0.25) is 0 Å². The Morgan fingerprint density at radius 1 is 1.21 bits per heavy atom. The van der Waals surface area contributed by atoms with Gasteiger partial charge in [0.2, 0.25) is 0 Å². The summed E-state index contributed by atoms with van der Waals surface area (Å²) in [5.74, 6) is 0.123. The first-order valence-corrected chi connectivity index (χ1v) is 5.99. The maximum absolute atomic E-state index is 11.6. The largest absolute Gasteiger partial charge is 0.481 e. The zero-order chi connectivity index (χ0) is 14.3. The van der Waals surface area contributed by atoms with E-state index in [0.717, 1.165) is 5.56 Å². The molecule has 6 nitrogen and oxygen atoms in total. The predicted octanol–water partition coefficient (Wildman–Crippen LogP) is 1.54. The second-order valence-corrected chi connectivity index (χ2v) is 3.91. The summed E-state index contributed by atoms with van der Waals surface area (Å²) in [7, 11) is 0. The maximum Gasteiger partial charge on any atom is 0.426 e. The number of carbonyl (C=O) groups excluding carboxylic acids is 2. The zero-order valence-corrected chi connectivity index (χ0v) is 11.2. The molecule has 0 aromatic heterocycles. The van der Waals surface area contributed by atoms with Crippen LogP contribution in [-0.2, 0) is 9.53 Å². The first-order valence-electron chi connectivity index (χ1n) is 5.99. The molecule has 0 saturated heterocycles. The lowest BCUT2D eigenvalue weighted by Crippen LogP contribution is -2.47. The third-order valence-corrected chi connectivity index (χ3v) is 2.27. The Morgan fingerprint density at radius 2 is 1.84 bits per heavy atom. The van der Waals surface area contributed by atoms with Crippen molar-refractivity contribution in [2.45, 2.75) is 26.9 Å². The maximum atomic E-state index is 11.6. The highest BCUT2D eigenvalue weighted by Gasteiger charge is 2.15. The van der Waals surface area contributed by atoms with Crippen LogP contribution in [-0.4, -0.2) is 24.7 Å². The first-order chi connectivity index (χ1) is 9.02. The number of amides is 2. The highest BCUT2D eigenvalue weighted by atomic mass is 16.6. The minimum absolute atomic E-state index is 0.233. The highest BCUT2D eigenvalue weighted by molar-refractivity contribution is 5.82. The van der Waals surface area contributed by atoms with E-state index in [1.54, 1.807) is 26.0 Å². The van der Waals surface area contributed by atoms with Crippen molar-refractivity contribution in [3.8, 4) is 5.75 Å². The van der Waals surface area contributed by atoms with Crippen LogP contribution in [0.25, 0.3) is 0 Å². The van der Waals surface area contributed by atoms with Crippen molar-refractivity contribution in [2.24, 2.45) is 0 Å². The molecule has 0 aliphatic rings. The normalized spacial score (nSPS) is 11.3. The predicted molar refractivity (Wildman–Crippen MR) is 69.6 cm³/mol. The summed E-state index contributed by atoms with van der Waals surface area (Å²) in [6, 6.07) is 7.32. The first kappa shape index (κ1) is 14.8. The van der Waals surface area contributed by atoms with E-state index in [1.165, 1.54) is 0 Å². The molecule has 0 spiro atoms. The molecule has 0 radical (unpaired) electrons. The van der Waals surface area contributed by atoms with Crippen LogP contribution in [0.3, 0.4) is 0 Å². The summed E-state index contributed by atoms with van der Waals surface area (Å²) in [5, 5.41) is 0. The molecule has 19 heavy (non-hydrogen) atoms. The van der Waals surface area contributed by atoms with Gasteiger partial charge in [-0.25, -0.2) is 10.2 Å². The molecule has 1 aromatic rings. The average molecular weight is 266 g/mol. The fourth-order valence-electron chi connectivity index (χ4n) is 1.26. The van der Waals surface area contributed by atoms with Crippen molar-refractivity contribution in [1.82, 2.24) is 10.9 Å². The topological polar surface area (TPSA) is 76.7 Å². The van der Waals surface area contributed by atoms with Gasteiger partial charge in [-0.2, -0.15) is 0 Å². The number of nitrogens with one attached hydrogen (secondary N) is 2. The Hall–Kier alpha value is -2.24. The van der Waals surface area contributed by atoms with Gasteiger partial charge in [-0.15, -0.1) is 0 Å². The van der Waals surface area contributed by atoms with Crippen LogP contribution in [0.15, 0.2) is 24.3 Å². The molecule has 2 N–H and O–H groups in total. The van der Waals surface area contributed by atoms with Crippen LogP contribution in [0, 0.1) is 6.92 Å². The number of ether oxygens (including phenoxy) is 2. The van der Waals surface area contributed by atoms with Crippen LogP contribution in [0.5, 0.6) is 5.75 Å². The molecule has 0 fully saturated rings. The van der Waals surface area contributed by atoms with Crippen LogP contribution < -0.4 is 15.6 Å². The molecule has 6 heteroatoms. The summed E-state index contributed by atoms with van der Waals surface area (Å²) in [4.78, 5) is 22.6. The molecule has 0 aliphatic carbocycles. The van der Waals surface area contributed by atoms with Crippen molar-refractivity contribution in [1.29, 1.82) is 0 Å². The number of hydrogen-bond acceptors (Lipinski definition) is 4. The Balaban J connectivity index is 2.40. The highest BCUT2D eigenvalue weighted by Crippen LogP contribution is 2.13. The molecule has 1 unspecified atom stereocenters. The number of carbonyl (C=O) groups is 2. The molecule has 1 aromatic carbocycles. The summed E-state index contributed by atoms with van der Waals surface area (Å²) in [6.45, 7) is 5.45. The molecular weight excluding hydrogens is 248 g/mol. The van der Waals surface area contributed by atoms with Gasteiger partial charge in [0.15, 0.2) is 6.10 Å². The van der Waals surface area contributed by atoms with E-state index < -0.39 is 18.1 Å². The molecule has 0 aliphatic heterocycles. The fraction of sp³-hybridized carbons (Fsp3) is 0.385. The van der Waals surface area contributed by atoms with Crippen molar-refractivity contribution in [2.75, 3.05) is 6.61 Å². The van der Waals surface area contributed by atoms with Gasteiger partial charge in [0.1, 0.15) is 5.75 Å². The van der Waals surface area contributed by atoms with Gasteiger partial charge >= 0.3 is 6.09 Å². The Bertz CT molecular complexity index is 431. The molecule has 0 bridgehead atoms. The number of hydrazine groups is 1. The zero-order valence-electron chi connectivity index (χ0n) is 11.2. The Kier molecular flexibility index (Phi) is 5.66. The molecule has 2 amide bonds. The SMILES string of the molecule is CCOC(=O)NNC(=O)C(C)Oc1ccc(C)cc1. The van der Waals surface area contributed by atoms with E-state index in [-0.39, 0.29) is 6.61 Å². The third kappa shape index (κ3) is 5.29. The average Bonchev–Trinajstić information content (AvgIpc) is 2.39. The van der Waals surface area contributed by atoms with Gasteiger partial charge in [-0.1, -0.05) is 17.7 Å². The standard InChI is InChI=1S/C13H18N2O4/c1-4-18-13(17)15-14-12(16)10(3)19-11-7-5-9(2)6-8-11/h5-8,10H,4H2,1-3H3,(H,14,16)(H,15,17). The molecular formula is C13H18N2O4. The van der Waals surface area contributed by atoms with Gasteiger partial charge in [-0.05, 0) is 32.9 Å². The molecule has 104 valence electrons. The summed E-state index contributed by atoms with van der Waals surface area (Å²) < 4.78 is 10.0. The van der Waals surface area contributed by atoms with Crippen molar-refractivity contribution in [3.63, 3.8) is 0 Å². The van der Waals surface area contributed by atoms with Crippen molar-refractivity contribution < 1.29 is 19.1 Å². The van der Waals surface area contributed by atoms with Crippen LogP contribution >= 0.6 is 0 Å². The minimum atomic E-state index is -0.732. The quantitative estimate of drug-likeness (QED) is 0.810. The van der Waals surface area contributed by atoms with Crippen molar-refractivity contribution >= 4 is 12.0 Å². The lowest BCUT2D eigenvalue weighted by Gasteiger charge is -2.15. The smallest absolute Gasteiger partial charge is 0.426 e. The molecule has 0 heterocycles. The van der Waals surface area contributed by atoms with Crippen LogP contribution in [0.4, 0.5) is 4.79 Å². The lowest BCUT2D eigenvalue weighted by atomic mass is 10.2. The van der Waals surface area contributed by atoms with Crippen LogP contribution in [0.1, 0.15) is 19.4 Å². The number of aryl methyl sites for hydroxylation is 1. The van der Waals surface area contributed by atoms with Gasteiger partial charge in [0.05, 0.1) is 6.61 Å². The monoisotopic (exact) mass is 266 g/mol. The second kappa shape index (κ2) is 7.25. The van der Waals surface area contributed by atoms with Crippen molar-refractivity contribution in [3.05, 3.63) is 29.8 Å². The number of hydrogen-bond donors (Lipinski definition) is 2. The van der Waals surface area contributed by atoms with E-state index in [1.807, 2.05) is 19.1 Å². The van der Waals surface area contributed by atoms with E-state index >= 15 is 0 Å². The van der Waals surface area contributed by atoms with E-state index in [0.29, 0.717) is 5.75 Å². The van der Waals surface area contributed by atoms with E-state index in [9.17, 15) is 9.59 Å². The van der Waals surface area contributed by atoms with Gasteiger partial charge in [0.25, 0.3) is 5.91 Å².